The quantitative estimate of drug-likeness (QED) is 0.459. The molecule has 2 heteroatoms. The number of halogens is 2. The van der Waals surface area contributed by atoms with E-state index < -0.39 is 4.33 Å². The van der Waals surface area contributed by atoms with Crippen molar-refractivity contribution in [3.8, 4) is 0 Å². The molecule has 0 amide bonds. The zero-order valence-corrected chi connectivity index (χ0v) is 8.26. The average Bonchev–Trinajstić information content (AvgIpc) is 1.60. The largest absolute Gasteiger partial charge is 0.119 e. The summed E-state index contributed by atoms with van der Waals surface area (Å²) < 4.78 is -0.651. The molecule has 0 radical (unpaired) electrons. The first-order valence-corrected chi connectivity index (χ1v) is 4.14. The molecule has 0 unspecified atom stereocenters. The summed E-state index contributed by atoms with van der Waals surface area (Å²) in [6, 6.07) is 0. The Morgan fingerprint density at radius 1 is 1.50 bits per heavy atom. The van der Waals surface area contributed by atoms with E-state index in [1.165, 1.54) is 0 Å². The molecule has 0 bridgehead atoms. The van der Waals surface area contributed by atoms with Crippen LogP contribution in [0.15, 0.2) is 12.2 Å². The highest BCUT2D eigenvalue weighted by Gasteiger charge is 2.18. The van der Waals surface area contributed by atoms with Gasteiger partial charge in [-0.15, -0.1) is 23.2 Å². The molecule has 0 N–H and O–H groups in total. The van der Waals surface area contributed by atoms with Gasteiger partial charge in [0.2, 0.25) is 0 Å². The third-order valence-electron chi connectivity index (χ3n) is 1.35. The summed E-state index contributed by atoms with van der Waals surface area (Å²) in [5.41, 5.74) is 1.10. The normalized spacial score (nSPS) is 12.2. The Kier molecular flexibility index (Phi) is 3.75. The van der Waals surface area contributed by atoms with E-state index in [1.807, 2.05) is 0 Å². The predicted molar refractivity (Wildman–Crippen MR) is 48.7 cm³/mol. The minimum absolute atomic E-state index is 0.469. The minimum Gasteiger partial charge on any atom is -0.102 e. The van der Waals surface area contributed by atoms with Crippen LogP contribution in [0.3, 0.4) is 0 Å². The molecule has 0 aliphatic rings. The molecule has 0 fully saturated rings. The minimum atomic E-state index is -0.651. The van der Waals surface area contributed by atoms with Crippen molar-refractivity contribution in [2.24, 2.45) is 5.92 Å². The van der Waals surface area contributed by atoms with Gasteiger partial charge in [0.15, 0.2) is 0 Å². The molecule has 10 heavy (non-hydrogen) atoms. The first kappa shape index (κ1) is 10.3. The number of rotatable bonds is 3. The summed E-state index contributed by atoms with van der Waals surface area (Å²) in [4.78, 5) is 0. The molecular weight excluding hydrogens is 167 g/mol. The molecule has 0 atom stereocenters. The van der Waals surface area contributed by atoms with Crippen LogP contribution in [-0.4, -0.2) is 4.33 Å². The van der Waals surface area contributed by atoms with E-state index in [9.17, 15) is 0 Å². The van der Waals surface area contributed by atoms with Crippen molar-refractivity contribution >= 4 is 23.2 Å². The van der Waals surface area contributed by atoms with Crippen LogP contribution in [0.25, 0.3) is 0 Å². The Morgan fingerprint density at radius 3 is 2.00 bits per heavy atom. The Labute approximate surface area is 73.2 Å². The van der Waals surface area contributed by atoms with E-state index in [4.69, 9.17) is 23.2 Å². The maximum atomic E-state index is 5.78. The van der Waals surface area contributed by atoms with Gasteiger partial charge < -0.3 is 0 Å². The molecule has 0 saturated carbocycles. The van der Waals surface area contributed by atoms with Crippen molar-refractivity contribution in [3.63, 3.8) is 0 Å². The first-order chi connectivity index (χ1) is 4.33. The van der Waals surface area contributed by atoms with Gasteiger partial charge in [-0.2, -0.15) is 0 Å². The number of hydrogen-bond donors (Lipinski definition) is 0. The van der Waals surface area contributed by atoms with Crippen LogP contribution in [-0.2, 0) is 0 Å². The lowest BCUT2D eigenvalue weighted by Crippen LogP contribution is -2.09. The molecule has 0 aromatic carbocycles. The van der Waals surface area contributed by atoms with Crippen molar-refractivity contribution in [1.82, 2.24) is 0 Å². The molecular formula is C8H14Cl2. The van der Waals surface area contributed by atoms with Gasteiger partial charge in [0.05, 0.1) is 0 Å². The van der Waals surface area contributed by atoms with Gasteiger partial charge in [0, 0.05) is 6.42 Å². The molecule has 0 rings (SSSR count). The zero-order chi connectivity index (χ0) is 8.36. The average molecular weight is 181 g/mol. The van der Waals surface area contributed by atoms with Crippen LogP contribution in [0.1, 0.15) is 27.2 Å². The van der Waals surface area contributed by atoms with Crippen molar-refractivity contribution in [2.45, 2.75) is 31.5 Å². The van der Waals surface area contributed by atoms with Gasteiger partial charge in [0.1, 0.15) is 4.33 Å². The van der Waals surface area contributed by atoms with Gasteiger partial charge in [-0.1, -0.05) is 26.0 Å². The second kappa shape index (κ2) is 3.64. The summed E-state index contributed by atoms with van der Waals surface area (Å²) in [7, 11) is 0. The molecule has 0 aliphatic carbocycles. The maximum Gasteiger partial charge on any atom is 0.119 e. The van der Waals surface area contributed by atoms with E-state index in [2.05, 4.69) is 20.4 Å². The van der Waals surface area contributed by atoms with Gasteiger partial charge in [0.25, 0.3) is 0 Å². The van der Waals surface area contributed by atoms with Crippen LogP contribution in [0.4, 0.5) is 0 Å². The molecule has 0 spiro atoms. The van der Waals surface area contributed by atoms with E-state index in [1.54, 1.807) is 6.92 Å². The van der Waals surface area contributed by atoms with Crippen LogP contribution in [0, 0.1) is 5.92 Å². The van der Waals surface area contributed by atoms with Crippen LogP contribution >= 0.6 is 23.2 Å². The molecule has 60 valence electrons. The standard InChI is InChI=1S/C8H14Cl2/c1-6(2)7(3)5-8(4,9)10/h6H,3,5H2,1-2,4H3. The lowest BCUT2D eigenvalue weighted by molar-refractivity contribution is 0.688. The van der Waals surface area contributed by atoms with Crippen molar-refractivity contribution in [2.75, 3.05) is 0 Å². The van der Waals surface area contributed by atoms with Crippen molar-refractivity contribution in [1.29, 1.82) is 0 Å². The summed E-state index contributed by atoms with van der Waals surface area (Å²) in [6.07, 6.45) is 0.674. The maximum absolute atomic E-state index is 5.78. The number of hydrogen-bond acceptors (Lipinski definition) is 0. The first-order valence-electron chi connectivity index (χ1n) is 3.38. The zero-order valence-electron chi connectivity index (χ0n) is 6.75. The topological polar surface area (TPSA) is 0 Å². The van der Waals surface area contributed by atoms with Crippen molar-refractivity contribution in [3.05, 3.63) is 12.2 Å². The fourth-order valence-corrected chi connectivity index (χ4v) is 0.946. The molecule has 0 aliphatic heterocycles. The lowest BCUT2D eigenvalue weighted by Gasteiger charge is -2.16. The van der Waals surface area contributed by atoms with Gasteiger partial charge >= 0.3 is 0 Å². The van der Waals surface area contributed by atoms with Crippen LogP contribution in [0.2, 0.25) is 0 Å². The monoisotopic (exact) mass is 180 g/mol. The SMILES string of the molecule is C=C(CC(C)(Cl)Cl)C(C)C. The third kappa shape index (κ3) is 5.13. The second-order valence-corrected chi connectivity index (χ2v) is 4.92. The predicted octanol–water partition coefficient (Wildman–Crippen LogP) is 3.78. The van der Waals surface area contributed by atoms with E-state index >= 15 is 0 Å². The molecule has 0 nitrogen and oxygen atoms in total. The van der Waals surface area contributed by atoms with Gasteiger partial charge in [-0.05, 0) is 12.8 Å². The second-order valence-electron chi connectivity index (χ2n) is 3.06. The summed E-state index contributed by atoms with van der Waals surface area (Å²) in [5.74, 6) is 0.469. The third-order valence-corrected chi connectivity index (χ3v) is 1.62. The van der Waals surface area contributed by atoms with Gasteiger partial charge in [-0.3, -0.25) is 0 Å². The van der Waals surface area contributed by atoms with Crippen LogP contribution < -0.4 is 0 Å². The Balaban J connectivity index is 3.81. The van der Waals surface area contributed by atoms with Crippen molar-refractivity contribution < 1.29 is 0 Å². The molecule has 0 saturated heterocycles. The highest BCUT2D eigenvalue weighted by molar-refractivity contribution is 6.48. The van der Waals surface area contributed by atoms with E-state index in [0.29, 0.717) is 12.3 Å². The van der Waals surface area contributed by atoms with Crippen LogP contribution in [0.5, 0.6) is 0 Å². The fraction of sp³-hybridized carbons (Fsp3) is 0.750. The van der Waals surface area contributed by atoms with E-state index in [-0.39, 0.29) is 0 Å². The highest BCUT2D eigenvalue weighted by Crippen LogP contribution is 2.29. The summed E-state index contributed by atoms with van der Waals surface area (Å²) >= 11 is 11.6. The number of allylic oxidation sites excluding steroid dienone is 1. The summed E-state index contributed by atoms with van der Waals surface area (Å²) in [5, 5.41) is 0. The van der Waals surface area contributed by atoms with Gasteiger partial charge in [-0.25, -0.2) is 0 Å². The lowest BCUT2D eigenvalue weighted by atomic mass is 10.0. The Morgan fingerprint density at radius 2 is 1.90 bits per heavy atom. The molecule has 0 heterocycles. The Bertz CT molecular complexity index is 120. The molecule has 0 aromatic rings. The highest BCUT2D eigenvalue weighted by atomic mass is 35.5. The smallest absolute Gasteiger partial charge is 0.102 e. The molecule has 0 aromatic heterocycles. The van der Waals surface area contributed by atoms with E-state index in [0.717, 1.165) is 5.57 Å². The Hall–Kier alpha value is 0.320. The number of alkyl halides is 2. The summed E-state index contributed by atoms with van der Waals surface area (Å²) in [6.45, 7) is 9.82. The fourth-order valence-electron chi connectivity index (χ4n) is 0.603.